The van der Waals surface area contributed by atoms with Crippen molar-refractivity contribution in [1.82, 2.24) is 14.9 Å². The van der Waals surface area contributed by atoms with Gasteiger partial charge in [0.1, 0.15) is 12.3 Å². The third-order valence-corrected chi connectivity index (χ3v) is 6.22. The van der Waals surface area contributed by atoms with Crippen LogP contribution in [0.2, 0.25) is 0 Å². The van der Waals surface area contributed by atoms with Crippen LogP contribution in [-0.2, 0) is 21.5 Å². The largest absolute Gasteiger partial charge is 0.493 e. The Morgan fingerprint density at radius 1 is 1.16 bits per heavy atom. The number of hydrogen-bond donors (Lipinski definition) is 1. The Balaban J connectivity index is 1.54. The Hall–Kier alpha value is -3.61. The minimum atomic E-state index is -1.11. The van der Waals surface area contributed by atoms with Crippen molar-refractivity contribution in [2.24, 2.45) is 5.10 Å². The maximum Gasteiger partial charge on any atom is 0.275 e. The van der Waals surface area contributed by atoms with Crippen LogP contribution in [0.25, 0.3) is 10.9 Å². The van der Waals surface area contributed by atoms with Crippen molar-refractivity contribution in [2.45, 2.75) is 25.8 Å². The number of para-hydroxylation sites is 2. The zero-order valence-electron chi connectivity index (χ0n) is 17.6. The molecule has 7 nitrogen and oxygen atoms in total. The van der Waals surface area contributed by atoms with Crippen LogP contribution in [0.4, 0.5) is 0 Å². The number of ether oxygens (including phenoxy) is 1. The quantitative estimate of drug-likeness (QED) is 0.664. The van der Waals surface area contributed by atoms with E-state index in [1.165, 1.54) is 5.01 Å². The van der Waals surface area contributed by atoms with Gasteiger partial charge in [0.05, 0.1) is 18.5 Å². The lowest BCUT2D eigenvalue weighted by Crippen LogP contribution is -2.65. The van der Waals surface area contributed by atoms with Crippen molar-refractivity contribution in [1.29, 1.82) is 0 Å². The van der Waals surface area contributed by atoms with Crippen LogP contribution >= 0.6 is 0 Å². The molecule has 5 rings (SSSR count). The predicted molar refractivity (Wildman–Crippen MR) is 118 cm³/mol. The van der Waals surface area contributed by atoms with Crippen LogP contribution in [0.3, 0.4) is 0 Å². The highest BCUT2D eigenvalue weighted by Gasteiger charge is 2.54. The third-order valence-electron chi connectivity index (χ3n) is 6.22. The lowest BCUT2D eigenvalue weighted by molar-refractivity contribution is -0.165. The first-order valence-corrected chi connectivity index (χ1v) is 10.5. The van der Waals surface area contributed by atoms with Gasteiger partial charge in [0, 0.05) is 23.0 Å². The normalized spacial score (nSPS) is 21.0. The van der Waals surface area contributed by atoms with Crippen LogP contribution < -0.4 is 4.74 Å². The van der Waals surface area contributed by atoms with E-state index >= 15 is 0 Å². The van der Waals surface area contributed by atoms with Gasteiger partial charge in [0.25, 0.3) is 5.91 Å². The molecule has 1 saturated heterocycles. The summed E-state index contributed by atoms with van der Waals surface area (Å²) in [5.41, 5.74) is 2.50. The Morgan fingerprint density at radius 3 is 2.77 bits per heavy atom. The molecule has 0 aliphatic carbocycles. The van der Waals surface area contributed by atoms with Crippen molar-refractivity contribution in [3.8, 4) is 5.75 Å². The number of aromatic amines is 1. The number of benzene rings is 2. The van der Waals surface area contributed by atoms with Crippen molar-refractivity contribution in [2.75, 3.05) is 19.7 Å². The number of aromatic nitrogens is 1. The van der Waals surface area contributed by atoms with Gasteiger partial charge in [-0.2, -0.15) is 5.10 Å². The molecule has 2 amide bonds. The van der Waals surface area contributed by atoms with Crippen LogP contribution in [-0.4, -0.2) is 52.6 Å². The van der Waals surface area contributed by atoms with Crippen molar-refractivity contribution >= 4 is 28.9 Å². The number of hydrogen-bond acceptors (Lipinski definition) is 4. The molecule has 2 aliphatic rings. The zero-order chi connectivity index (χ0) is 21.6. The van der Waals surface area contributed by atoms with Gasteiger partial charge in [-0.3, -0.25) is 9.59 Å². The summed E-state index contributed by atoms with van der Waals surface area (Å²) in [6.07, 6.45) is 2.31. The number of piperazine rings is 1. The van der Waals surface area contributed by atoms with Crippen LogP contribution in [0.1, 0.15) is 30.7 Å². The summed E-state index contributed by atoms with van der Waals surface area (Å²) in [5.74, 6) is 0.360. The van der Waals surface area contributed by atoms with Gasteiger partial charge < -0.3 is 14.6 Å². The standard InChI is InChI=1S/C24H24N4O3/c1-3-31-20-11-7-4-8-16(20)14-25-28-15-21(29)27-13-12-18-17-9-5-6-10-19(17)26-22(18)24(27,2)23(28)30/h4-11,14,26H,3,12-13,15H2,1-2H3/t24-/m1/s1. The monoisotopic (exact) mass is 416 g/mol. The third kappa shape index (κ3) is 2.91. The highest BCUT2D eigenvalue weighted by atomic mass is 16.5. The maximum atomic E-state index is 13.7. The average molecular weight is 416 g/mol. The van der Waals surface area contributed by atoms with E-state index in [1.807, 2.05) is 56.3 Å². The first-order chi connectivity index (χ1) is 15.0. The van der Waals surface area contributed by atoms with Gasteiger partial charge in [-0.05, 0) is 44.0 Å². The molecule has 0 radical (unpaired) electrons. The number of nitrogens with one attached hydrogen (secondary N) is 1. The molecule has 0 saturated carbocycles. The van der Waals surface area contributed by atoms with E-state index in [0.29, 0.717) is 18.9 Å². The van der Waals surface area contributed by atoms with E-state index in [4.69, 9.17) is 4.74 Å². The summed E-state index contributed by atoms with van der Waals surface area (Å²) < 4.78 is 5.64. The lowest BCUT2D eigenvalue weighted by atomic mass is 9.83. The Labute approximate surface area is 180 Å². The molecule has 1 fully saturated rings. The van der Waals surface area contributed by atoms with Gasteiger partial charge in [-0.25, -0.2) is 5.01 Å². The average Bonchev–Trinajstić information content (AvgIpc) is 3.17. The number of carbonyl (C=O) groups excluding carboxylic acids is 2. The van der Waals surface area contributed by atoms with E-state index in [2.05, 4.69) is 16.2 Å². The molecule has 7 heteroatoms. The SMILES string of the molecule is CCOc1ccccc1C=NN1CC(=O)N2CCc3c([nH]c4ccccc34)[C@]2(C)C1=O. The smallest absolute Gasteiger partial charge is 0.275 e. The van der Waals surface area contributed by atoms with Gasteiger partial charge in [0.2, 0.25) is 5.91 Å². The van der Waals surface area contributed by atoms with E-state index in [0.717, 1.165) is 34.1 Å². The minimum absolute atomic E-state index is 0.0721. The predicted octanol–water partition coefficient (Wildman–Crippen LogP) is 3.04. The second kappa shape index (κ2) is 7.27. The van der Waals surface area contributed by atoms with Crippen LogP contribution in [0, 0.1) is 0 Å². The molecule has 2 aliphatic heterocycles. The van der Waals surface area contributed by atoms with Crippen molar-refractivity contribution in [3.63, 3.8) is 0 Å². The topological polar surface area (TPSA) is 78.0 Å². The van der Waals surface area contributed by atoms with Gasteiger partial charge in [0.15, 0.2) is 5.54 Å². The maximum absolute atomic E-state index is 13.7. The first-order valence-electron chi connectivity index (χ1n) is 10.5. The Bertz CT molecular complexity index is 1210. The molecule has 1 N–H and O–H groups in total. The van der Waals surface area contributed by atoms with Gasteiger partial charge in [-0.15, -0.1) is 0 Å². The molecule has 2 aromatic carbocycles. The van der Waals surface area contributed by atoms with Crippen molar-refractivity contribution < 1.29 is 14.3 Å². The summed E-state index contributed by atoms with van der Waals surface area (Å²) in [6, 6.07) is 15.5. The fourth-order valence-corrected chi connectivity index (χ4v) is 4.69. The van der Waals surface area contributed by atoms with E-state index in [1.54, 1.807) is 11.1 Å². The van der Waals surface area contributed by atoms with E-state index in [9.17, 15) is 9.59 Å². The minimum Gasteiger partial charge on any atom is -0.493 e. The molecule has 0 unspecified atom stereocenters. The molecule has 0 spiro atoms. The van der Waals surface area contributed by atoms with Crippen LogP contribution in [0.15, 0.2) is 53.6 Å². The number of carbonyl (C=O) groups is 2. The molecule has 158 valence electrons. The van der Waals surface area contributed by atoms with E-state index in [-0.39, 0.29) is 18.4 Å². The first kappa shape index (κ1) is 19.4. The summed E-state index contributed by atoms with van der Waals surface area (Å²) >= 11 is 0. The van der Waals surface area contributed by atoms with Gasteiger partial charge >= 0.3 is 0 Å². The fourth-order valence-electron chi connectivity index (χ4n) is 4.69. The number of rotatable bonds is 4. The highest BCUT2D eigenvalue weighted by molar-refractivity contribution is 6.01. The molecule has 1 aromatic heterocycles. The summed E-state index contributed by atoms with van der Waals surface area (Å²) in [6.45, 7) is 4.70. The van der Waals surface area contributed by atoms with Gasteiger partial charge in [-0.1, -0.05) is 30.3 Å². The molecular formula is C24H24N4O3. The number of fused-ring (bicyclic) bond motifs is 5. The second-order valence-corrected chi connectivity index (χ2v) is 7.97. The molecule has 0 bridgehead atoms. The van der Waals surface area contributed by atoms with E-state index < -0.39 is 5.54 Å². The summed E-state index contributed by atoms with van der Waals surface area (Å²) in [4.78, 5) is 31.8. The Kier molecular flexibility index (Phi) is 4.54. The van der Waals surface area contributed by atoms with Crippen LogP contribution in [0.5, 0.6) is 5.75 Å². The fraction of sp³-hybridized carbons (Fsp3) is 0.292. The molecule has 3 aromatic rings. The molecule has 1 atom stereocenters. The highest BCUT2D eigenvalue weighted by Crippen LogP contribution is 2.41. The lowest BCUT2D eigenvalue weighted by Gasteiger charge is -2.48. The Morgan fingerprint density at radius 2 is 1.94 bits per heavy atom. The number of amides is 2. The summed E-state index contributed by atoms with van der Waals surface area (Å²) in [7, 11) is 0. The molecular weight excluding hydrogens is 392 g/mol. The second-order valence-electron chi connectivity index (χ2n) is 7.97. The number of nitrogens with zero attached hydrogens (tertiary/aromatic N) is 3. The van der Waals surface area contributed by atoms with Crippen molar-refractivity contribution in [3.05, 3.63) is 65.4 Å². The summed E-state index contributed by atoms with van der Waals surface area (Å²) in [5, 5.41) is 6.79. The molecule has 3 heterocycles. The molecule has 31 heavy (non-hydrogen) atoms. The number of hydrazone groups is 1. The zero-order valence-corrected chi connectivity index (χ0v) is 17.6. The number of H-pyrrole nitrogens is 1.